The van der Waals surface area contributed by atoms with E-state index in [0.717, 1.165) is 63.2 Å². The number of aromatic nitrogens is 2. The van der Waals surface area contributed by atoms with E-state index in [1.165, 1.54) is 22.3 Å². The van der Waals surface area contributed by atoms with Crippen LogP contribution in [0.4, 0.5) is 22.7 Å². The average Bonchev–Trinajstić information content (AvgIpc) is 3.75. The molecule has 2 aromatic heterocycles. The van der Waals surface area contributed by atoms with Gasteiger partial charge in [0.05, 0.1) is 0 Å². The van der Waals surface area contributed by atoms with Crippen molar-refractivity contribution in [3.8, 4) is 17.3 Å². The maximum atomic E-state index is 6.65. The van der Waals surface area contributed by atoms with Crippen molar-refractivity contribution in [2.75, 3.05) is 9.80 Å². The van der Waals surface area contributed by atoms with Crippen LogP contribution in [0.1, 0.15) is 118 Å². The summed E-state index contributed by atoms with van der Waals surface area (Å²) in [5.74, 6) is 2.10. The summed E-state index contributed by atoms with van der Waals surface area (Å²) >= 11 is 0. The van der Waals surface area contributed by atoms with Gasteiger partial charge in [-0.15, -0.1) is 48.1 Å². The minimum Gasteiger partial charge on any atom is -0.509 e. The molecule has 0 fully saturated rings. The van der Waals surface area contributed by atoms with Crippen molar-refractivity contribution in [2.45, 2.75) is 118 Å². The number of pyridine rings is 1. The summed E-state index contributed by atoms with van der Waals surface area (Å²) < 4.78 is 8.85. The second-order valence-corrected chi connectivity index (χ2v) is 19.7. The van der Waals surface area contributed by atoms with Gasteiger partial charge in [0, 0.05) is 61.3 Å². The van der Waals surface area contributed by atoms with Crippen LogP contribution >= 0.6 is 0 Å². The molecule has 0 saturated carbocycles. The van der Waals surface area contributed by atoms with Crippen molar-refractivity contribution in [3.63, 3.8) is 0 Å². The Hall–Kier alpha value is -4.86. The zero-order valence-corrected chi connectivity index (χ0v) is 39.7. The van der Waals surface area contributed by atoms with Gasteiger partial charge in [-0.1, -0.05) is 119 Å². The monoisotopic (exact) mass is 974 g/mol. The van der Waals surface area contributed by atoms with Gasteiger partial charge in [-0.25, -0.2) is 4.98 Å². The Morgan fingerprint density at radius 2 is 1.25 bits per heavy atom. The summed E-state index contributed by atoms with van der Waals surface area (Å²) in [7, 11) is 0. The third-order valence-corrected chi connectivity index (χ3v) is 12.5. The minimum atomic E-state index is -0.0146. The SMILES string of the molecule is CCC(C)(CC)c1ccc2c(c1)N(c1cc(C(C)(C)C)cc(C(C)(C)C)c1)[CH-]N2c1[c-]c(Oc2[c-]c3c(cc2)c2ccccc2n3-c2cc(C(C)(C)C)ccn2)ccc1.[Pt]. The van der Waals surface area contributed by atoms with E-state index in [0.29, 0.717) is 11.5 Å². The van der Waals surface area contributed by atoms with Crippen molar-refractivity contribution < 1.29 is 25.8 Å². The topological polar surface area (TPSA) is 33.5 Å². The molecular weight excluding hydrogens is 916 g/mol. The average molecular weight is 975 g/mol. The maximum absolute atomic E-state index is 6.65. The summed E-state index contributed by atoms with van der Waals surface area (Å²) in [6, 6.07) is 44.5. The van der Waals surface area contributed by atoms with Crippen LogP contribution in [0, 0.1) is 18.8 Å². The number of para-hydroxylation sites is 1. The van der Waals surface area contributed by atoms with Crippen molar-refractivity contribution in [1.82, 2.24) is 9.55 Å². The normalized spacial score (nSPS) is 13.5. The number of fused-ring (bicyclic) bond motifs is 4. The molecule has 0 spiro atoms. The summed E-state index contributed by atoms with van der Waals surface area (Å²) in [4.78, 5) is 9.48. The van der Waals surface area contributed by atoms with Gasteiger partial charge in [0.25, 0.3) is 0 Å². The van der Waals surface area contributed by atoms with Crippen LogP contribution in [0.3, 0.4) is 0 Å². The van der Waals surface area contributed by atoms with Gasteiger partial charge in [0.2, 0.25) is 0 Å². The Balaban J connectivity index is 0.00000544. The quantitative estimate of drug-likeness (QED) is 0.142. The second-order valence-electron chi connectivity index (χ2n) is 19.7. The molecule has 1 aliphatic rings. The molecule has 0 atom stereocenters. The first-order valence-electron chi connectivity index (χ1n) is 21.2. The van der Waals surface area contributed by atoms with Gasteiger partial charge in [-0.2, -0.15) is 12.1 Å². The van der Waals surface area contributed by atoms with Gasteiger partial charge in [-0.3, -0.25) is 0 Å². The van der Waals surface area contributed by atoms with E-state index < -0.39 is 0 Å². The predicted molar refractivity (Wildman–Crippen MR) is 248 cm³/mol. The summed E-state index contributed by atoms with van der Waals surface area (Å²) in [5.41, 5.74) is 11.6. The fraction of sp³-hybridized carbons (Fsp3) is 0.333. The Morgan fingerprint density at radius 1 is 0.583 bits per heavy atom. The smallest absolute Gasteiger partial charge is 0.135 e. The molecule has 3 heterocycles. The van der Waals surface area contributed by atoms with Gasteiger partial charge in [0.15, 0.2) is 0 Å². The summed E-state index contributed by atoms with van der Waals surface area (Å²) in [6.07, 6.45) is 4.05. The number of rotatable bonds is 8. The molecular formula is C54H59N4OPt-3. The second kappa shape index (κ2) is 15.9. The Labute approximate surface area is 373 Å². The molecule has 0 bridgehead atoms. The van der Waals surface area contributed by atoms with Crippen molar-refractivity contribution in [2.24, 2.45) is 0 Å². The van der Waals surface area contributed by atoms with Gasteiger partial charge >= 0.3 is 0 Å². The zero-order valence-electron chi connectivity index (χ0n) is 37.4. The molecule has 0 radical (unpaired) electrons. The summed E-state index contributed by atoms with van der Waals surface area (Å²) in [6.45, 7) is 29.7. The standard InChI is InChI=1S/C54H59N4O.Pt/c1-13-54(12,14-2)37-22-25-47-49(31-37)57(41-29-38(52(6,7)8)28-39(30-41)53(9,10)11)35-56(47)40-18-17-19-42(33-40)59-43-23-24-45-44-20-15-16-21-46(44)58(48(45)34-43)50-32-36(26-27-55-50)51(3,4)5;/h15-32,35H,13-14H2,1-12H3;/q-3;. The van der Waals surface area contributed by atoms with Gasteiger partial charge < -0.3 is 19.1 Å². The first-order valence-corrected chi connectivity index (χ1v) is 21.2. The van der Waals surface area contributed by atoms with Crippen LogP contribution in [0.25, 0.3) is 27.6 Å². The summed E-state index contributed by atoms with van der Waals surface area (Å²) in [5, 5.41) is 2.25. The molecule has 0 N–H and O–H groups in total. The molecule has 0 unspecified atom stereocenters. The molecule has 0 amide bonds. The minimum absolute atomic E-state index is 0. The van der Waals surface area contributed by atoms with Crippen LogP contribution in [0.15, 0.2) is 109 Å². The Morgan fingerprint density at radius 3 is 1.92 bits per heavy atom. The fourth-order valence-corrected chi connectivity index (χ4v) is 8.14. The van der Waals surface area contributed by atoms with Crippen molar-refractivity contribution >= 4 is 44.6 Å². The number of hydrogen-bond acceptors (Lipinski definition) is 4. The Bertz CT molecular complexity index is 2650. The van der Waals surface area contributed by atoms with E-state index in [1.54, 1.807) is 0 Å². The maximum Gasteiger partial charge on any atom is 0.135 e. The number of ether oxygens (including phenoxy) is 1. The third kappa shape index (κ3) is 8.03. The molecule has 1 aliphatic heterocycles. The molecule has 5 nitrogen and oxygen atoms in total. The molecule has 314 valence electrons. The van der Waals surface area contributed by atoms with Crippen LogP contribution in [0.2, 0.25) is 0 Å². The van der Waals surface area contributed by atoms with E-state index in [1.807, 2.05) is 24.4 Å². The van der Waals surface area contributed by atoms with Crippen molar-refractivity contribution in [1.29, 1.82) is 0 Å². The predicted octanol–water partition coefficient (Wildman–Crippen LogP) is 14.9. The van der Waals surface area contributed by atoms with Crippen LogP contribution < -0.4 is 14.5 Å². The largest absolute Gasteiger partial charge is 0.509 e. The number of hydrogen-bond donors (Lipinski definition) is 0. The van der Waals surface area contributed by atoms with Gasteiger partial charge in [0.1, 0.15) is 5.82 Å². The van der Waals surface area contributed by atoms with E-state index in [9.17, 15) is 0 Å². The molecule has 7 aromatic rings. The molecule has 6 heteroatoms. The fourth-order valence-electron chi connectivity index (χ4n) is 8.14. The van der Waals surface area contributed by atoms with Crippen LogP contribution in [-0.4, -0.2) is 9.55 Å². The molecule has 5 aromatic carbocycles. The molecule has 0 saturated heterocycles. The van der Waals surface area contributed by atoms with E-state index >= 15 is 0 Å². The Kier molecular flexibility index (Phi) is 11.4. The van der Waals surface area contributed by atoms with Crippen molar-refractivity contribution in [3.05, 3.63) is 150 Å². The molecule has 60 heavy (non-hydrogen) atoms. The van der Waals surface area contributed by atoms with Crippen LogP contribution in [-0.2, 0) is 42.7 Å². The van der Waals surface area contributed by atoms with E-state index in [4.69, 9.17) is 9.72 Å². The first-order chi connectivity index (χ1) is 27.9. The number of anilines is 4. The first kappa shape index (κ1) is 43.2. The van der Waals surface area contributed by atoms with E-state index in [2.05, 4.69) is 201 Å². The van der Waals surface area contributed by atoms with E-state index in [-0.39, 0.29) is 42.7 Å². The van der Waals surface area contributed by atoms with Crippen LogP contribution in [0.5, 0.6) is 11.5 Å². The molecule has 0 aliphatic carbocycles. The number of nitrogens with zero attached hydrogens (tertiary/aromatic N) is 4. The molecule has 8 rings (SSSR count). The zero-order chi connectivity index (χ0) is 42.1. The number of benzene rings is 5. The third-order valence-electron chi connectivity index (χ3n) is 12.5. The van der Waals surface area contributed by atoms with Gasteiger partial charge in [-0.05, 0) is 105 Å².